The lowest BCUT2D eigenvalue weighted by Gasteiger charge is -2.40. The first-order chi connectivity index (χ1) is 17.4. The molecule has 0 aliphatic carbocycles. The van der Waals surface area contributed by atoms with Crippen LogP contribution in [0.25, 0.3) is 11.1 Å². The minimum Gasteiger partial charge on any atom is -0.494 e. The van der Waals surface area contributed by atoms with Gasteiger partial charge < -0.3 is 29.5 Å². The zero-order valence-electron chi connectivity index (χ0n) is 19.8. The van der Waals surface area contributed by atoms with Crippen molar-refractivity contribution < 1.29 is 34.3 Å². The second-order valence-electron chi connectivity index (χ2n) is 8.61. The number of carbonyl (C=O) groups excluding carboxylic acids is 1. The van der Waals surface area contributed by atoms with Crippen molar-refractivity contribution in [3.8, 4) is 16.9 Å². The second-order valence-corrected chi connectivity index (χ2v) is 9.02. The van der Waals surface area contributed by atoms with Crippen molar-refractivity contribution in [1.82, 2.24) is 0 Å². The van der Waals surface area contributed by atoms with E-state index >= 15 is 0 Å². The molecule has 3 aromatic rings. The molecular weight excluding hydrogens is 484 g/mol. The molecule has 3 aromatic carbocycles. The van der Waals surface area contributed by atoms with E-state index in [1.54, 1.807) is 18.2 Å². The molecule has 0 unspecified atom stereocenters. The van der Waals surface area contributed by atoms with Gasteiger partial charge in [0.05, 0.1) is 13.0 Å². The van der Waals surface area contributed by atoms with Crippen LogP contribution in [0.15, 0.2) is 72.8 Å². The van der Waals surface area contributed by atoms with E-state index in [2.05, 4.69) is 0 Å². The van der Waals surface area contributed by atoms with Crippen LogP contribution in [-0.4, -0.2) is 58.9 Å². The molecule has 1 aliphatic rings. The number of benzene rings is 3. The summed E-state index contributed by atoms with van der Waals surface area (Å²) in [7, 11) is 0. The lowest BCUT2D eigenvalue weighted by molar-refractivity contribution is -0.234. The van der Waals surface area contributed by atoms with E-state index in [-0.39, 0.29) is 13.0 Å². The highest BCUT2D eigenvalue weighted by molar-refractivity contribution is 6.33. The first kappa shape index (κ1) is 26.1. The third kappa shape index (κ3) is 6.06. The highest BCUT2D eigenvalue weighted by Crippen LogP contribution is 2.37. The Labute approximate surface area is 214 Å². The summed E-state index contributed by atoms with van der Waals surface area (Å²) >= 11 is 6.46. The van der Waals surface area contributed by atoms with Gasteiger partial charge in [0.15, 0.2) is 0 Å². The molecule has 0 saturated carbocycles. The lowest BCUT2D eigenvalue weighted by atomic mass is 9.90. The molecular formula is C28H29ClO7. The SMILES string of the molecule is CCOc1ccc(-c2cc([C@@H]3O[C@H](COC(=O)Cc4ccccc4)[C@@H](O)[C@H](O)[C@H]3O)ccc2Cl)cc1. The van der Waals surface area contributed by atoms with Crippen LogP contribution in [0.2, 0.25) is 5.02 Å². The van der Waals surface area contributed by atoms with Gasteiger partial charge in [-0.25, -0.2) is 0 Å². The molecule has 0 bridgehead atoms. The number of aliphatic hydroxyl groups excluding tert-OH is 3. The van der Waals surface area contributed by atoms with Crippen LogP contribution in [0.3, 0.4) is 0 Å². The van der Waals surface area contributed by atoms with Gasteiger partial charge in [0, 0.05) is 10.6 Å². The van der Waals surface area contributed by atoms with E-state index in [9.17, 15) is 20.1 Å². The number of carbonyl (C=O) groups is 1. The Morgan fingerprint density at radius 2 is 1.67 bits per heavy atom. The summed E-state index contributed by atoms with van der Waals surface area (Å²) in [5.74, 6) is 0.250. The van der Waals surface area contributed by atoms with E-state index in [1.807, 2.05) is 61.5 Å². The Hall–Kier alpha value is -2.94. The van der Waals surface area contributed by atoms with Crippen LogP contribution < -0.4 is 4.74 Å². The predicted molar refractivity (Wildman–Crippen MR) is 135 cm³/mol. The molecule has 190 valence electrons. The third-order valence-electron chi connectivity index (χ3n) is 6.11. The molecule has 1 saturated heterocycles. The zero-order valence-corrected chi connectivity index (χ0v) is 20.5. The second kappa shape index (κ2) is 11.9. The van der Waals surface area contributed by atoms with E-state index in [0.29, 0.717) is 22.8 Å². The van der Waals surface area contributed by atoms with Crippen molar-refractivity contribution in [3.05, 3.63) is 88.9 Å². The molecule has 0 amide bonds. The van der Waals surface area contributed by atoms with Crippen molar-refractivity contribution in [3.63, 3.8) is 0 Å². The summed E-state index contributed by atoms with van der Waals surface area (Å²) in [6.45, 7) is 2.20. The fourth-order valence-electron chi connectivity index (χ4n) is 4.19. The van der Waals surface area contributed by atoms with Crippen LogP contribution in [0.5, 0.6) is 5.75 Å². The maximum atomic E-state index is 12.3. The quantitative estimate of drug-likeness (QED) is 0.395. The predicted octanol–water partition coefficient (Wildman–Crippen LogP) is 3.71. The van der Waals surface area contributed by atoms with Crippen molar-refractivity contribution in [1.29, 1.82) is 0 Å². The molecule has 7 nitrogen and oxygen atoms in total. The summed E-state index contributed by atoms with van der Waals surface area (Å²) in [5, 5.41) is 32.2. The van der Waals surface area contributed by atoms with E-state index in [0.717, 1.165) is 16.9 Å². The number of rotatable bonds is 8. The molecule has 8 heteroatoms. The van der Waals surface area contributed by atoms with Crippen molar-refractivity contribution >= 4 is 17.6 Å². The Bertz CT molecular complexity index is 1150. The highest BCUT2D eigenvalue weighted by atomic mass is 35.5. The minimum atomic E-state index is -1.49. The van der Waals surface area contributed by atoms with Gasteiger partial charge in [-0.2, -0.15) is 0 Å². The van der Waals surface area contributed by atoms with Crippen LogP contribution in [0, 0.1) is 0 Å². The summed E-state index contributed by atoms with van der Waals surface area (Å²) in [6.07, 6.45) is -6.26. The van der Waals surface area contributed by atoms with Crippen LogP contribution in [0.4, 0.5) is 0 Å². The van der Waals surface area contributed by atoms with Crippen LogP contribution in [-0.2, 0) is 20.7 Å². The summed E-state index contributed by atoms with van der Waals surface area (Å²) in [4.78, 5) is 12.3. The number of aliphatic hydroxyl groups is 3. The summed E-state index contributed by atoms with van der Waals surface area (Å²) in [6, 6.07) is 21.7. The fraction of sp³-hybridized carbons (Fsp3) is 0.321. The summed E-state index contributed by atoms with van der Waals surface area (Å²) in [5.41, 5.74) is 2.90. The zero-order chi connectivity index (χ0) is 25.7. The number of hydrogen-bond acceptors (Lipinski definition) is 7. The summed E-state index contributed by atoms with van der Waals surface area (Å²) < 4.78 is 16.8. The first-order valence-corrected chi connectivity index (χ1v) is 12.2. The molecule has 1 heterocycles. The maximum Gasteiger partial charge on any atom is 0.310 e. The Morgan fingerprint density at radius 3 is 2.36 bits per heavy atom. The van der Waals surface area contributed by atoms with Gasteiger partial charge in [0.2, 0.25) is 0 Å². The van der Waals surface area contributed by atoms with Crippen molar-refractivity contribution in [2.24, 2.45) is 0 Å². The molecule has 0 radical (unpaired) electrons. The topological polar surface area (TPSA) is 105 Å². The van der Waals surface area contributed by atoms with Gasteiger partial charge >= 0.3 is 5.97 Å². The number of ether oxygens (including phenoxy) is 3. The minimum absolute atomic E-state index is 0.0703. The van der Waals surface area contributed by atoms with Crippen molar-refractivity contribution in [2.75, 3.05) is 13.2 Å². The Morgan fingerprint density at radius 1 is 0.944 bits per heavy atom. The molecule has 4 rings (SSSR count). The van der Waals surface area contributed by atoms with Gasteiger partial charge in [-0.3, -0.25) is 4.79 Å². The smallest absolute Gasteiger partial charge is 0.310 e. The van der Waals surface area contributed by atoms with E-state index < -0.39 is 36.5 Å². The monoisotopic (exact) mass is 512 g/mol. The van der Waals surface area contributed by atoms with Gasteiger partial charge in [-0.05, 0) is 47.9 Å². The standard InChI is InChI=1S/C28H29ClO7/c1-2-34-20-11-8-18(9-12-20)21-15-19(10-13-22(21)29)28-27(33)26(32)25(31)23(36-28)16-35-24(30)14-17-6-4-3-5-7-17/h3-13,15,23,25-28,31-33H,2,14,16H2,1H3/t23-,25-,26+,27-,28+/m1/s1. The van der Waals surface area contributed by atoms with Gasteiger partial charge in [-0.1, -0.05) is 60.1 Å². The average Bonchev–Trinajstić information content (AvgIpc) is 2.89. The molecule has 36 heavy (non-hydrogen) atoms. The number of hydrogen-bond donors (Lipinski definition) is 3. The number of halogens is 1. The Balaban J connectivity index is 1.49. The largest absolute Gasteiger partial charge is 0.494 e. The van der Waals surface area contributed by atoms with Crippen molar-refractivity contribution in [2.45, 2.75) is 43.9 Å². The van der Waals surface area contributed by atoms with Gasteiger partial charge in [-0.15, -0.1) is 0 Å². The van der Waals surface area contributed by atoms with E-state index in [1.165, 1.54) is 0 Å². The molecule has 1 fully saturated rings. The molecule has 0 aromatic heterocycles. The third-order valence-corrected chi connectivity index (χ3v) is 6.44. The first-order valence-electron chi connectivity index (χ1n) is 11.8. The van der Waals surface area contributed by atoms with Crippen LogP contribution >= 0.6 is 11.6 Å². The fourth-order valence-corrected chi connectivity index (χ4v) is 4.42. The van der Waals surface area contributed by atoms with Gasteiger partial charge in [0.25, 0.3) is 0 Å². The lowest BCUT2D eigenvalue weighted by Crippen LogP contribution is -2.55. The normalized spacial score (nSPS) is 23.8. The number of esters is 1. The maximum absolute atomic E-state index is 12.3. The molecule has 3 N–H and O–H groups in total. The van der Waals surface area contributed by atoms with Crippen LogP contribution in [0.1, 0.15) is 24.2 Å². The molecule has 5 atom stereocenters. The Kier molecular flexibility index (Phi) is 8.61. The highest BCUT2D eigenvalue weighted by Gasteiger charge is 2.44. The average molecular weight is 513 g/mol. The van der Waals surface area contributed by atoms with E-state index in [4.69, 9.17) is 25.8 Å². The molecule has 0 spiro atoms. The molecule has 1 aliphatic heterocycles. The van der Waals surface area contributed by atoms with Gasteiger partial charge in [0.1, 0.15) is 42.9 Å².